The first kappa shape index (κ1) is 22.5. The highest BCUT2D eigenvalue weighted by molar-refractivity contribution is 7.14. The SMILES string of the molecule is CC(=O)N(c1ccccc1)c1nc(COC(=O)Cn2c3ccccc3c(=O)c3ccccc32)cs1. The molecular formula is C27H21N3O4S. The number of esters is 1. The third-order valence-electron chi connectivity index (χ3n) is 5.61. The summed E-state index contributed by atoms with van der Waals surface area (Å²) in [6, 6.07) is 23.7. The summed E-state index contributed by atoms with van der Waals surface area (Å²) in [6.07, 6.45) is 0. The Morgan fingerprint density at radius 2 is 1.51 bits per heavy atom. The lowest BCUT2D eigenvalue weighted by Gasteiger charge is -2.17. The first-order valence-electron chi connectivity index (χ1n) is 11.0. The zero-order chi connectivity index (χ0) is 24.4. The van der Waals surface area contributed by atoms with Gasteiger partial charge in [0, 0.05) is 23.1 Å². The standard InChI is InChI=1S/C27H21N3O4S/c1-18(31)30(20-9-3-2-4-10-20)27-28-19(17-35-27)16-34-25(32)15-29-23-13-7-5-11-21(23)26(33)22-12-6-8-14-24(22)29/h2-14,17H,15-16H2,1H3. The number of hydrogen-bond acceptors (Lipinski definition) is 6. The number of carbonyl (C=O) groups is 2. The van der Waals surface area contributed by atoms with E-state index in [1.165, 1.54) is 23.2 Å². The molecule has 2 heterocycles. The van der Waals surface area contributed by atoms with E-state index in [0.29, 0.717) is 32.6 Å². The lowest BCUT2D eigenvalue weighted by atomic mass is 10.1. The minimum atomic E-state index is -0.454. The van der Waals surface area contributed by atoms with Gasteiger partial charge in [-0.05, 0) is 36.4 Å². The van der Waals surface area contributed by atoms with Gasteiger partial charge in [0.25, 0.3) is 0 Å². The maximum absolute atomic E-state index is 12.9. The molecule has 0 unspecified atom stereocenters. The number of carbonyl (C=O) groups excluding carboxylic acids is 2. The fourth-order valence-corrected chi connectivity index (χ4v) is 4.92. The van der Waals surface area contributed by atoms with Crippen LogP contribution in [0.15, 0.2) is 89.0 Å². The largest absolute Gasteiger partial charge is 0.458 e. The van der Waals surface area contributed by atoms with Gasteiger partial charge in [-0.3, -0.25) is 19.3 Å². The maximum atomic E-state index is 12.9. The fourth-order valence-electron chi connectivity index (χ4n) is 4.05. The van der Waals surface area contributed by atoms with Crippen molar-refractivity contribution in [1.29, 1.82) is 0 Å². The van der Waals surface area contributed by atoms with Gasteiger partial charge < -0.3 is 9.30 Å². The fraction of sp³-hybridized carbons (Fsp3) is 0.111. The molecule has 174 valence electrons. The Kier molecular flexibility index (Phi) is 6.12. The smallest absolute Gasteiger partial charge is 0.326 e. The van der Waals surface area contributed by atoms with Gasteiger partial charge in [0.2, 0.25) is 5.91 Å². The molecule has 5 aromatic rings. The van der Waals surface area contributed by atoms with Crippen LogP contribution in [0.1, 0.15) is 12.6 Å². The summed E-state index contributed by atoms with van der Waals surface area (Å²) in [5, 5.41) is 3.37. The van der Waals surface area contributed by atoms with Crippen LogP contribution in [0, 0.1) is 0 Å². The van der Waals surface area contributed by atoms with Gasteiger partial charge in [-0.2, -0.15) is 0 Å². The van der Waals surface area contributed by atoms with E-state index in [2.05, 4.69) is 4.98 Å². The number of fused-ring (bicyclic) bond motifs is 2. The molecule has 0 N–H and O–H groups in total. The molecule has 35 heavy (non-hydrogen) atoms. The molecule has 0 aliphatic heterocycles. The van der Waals surface area contributed by atoms with E-state index in [0.717, 1.165) is 5.69 Å². The van der Waals surface area contributed by atoms with Crippen LogP contribution in [0.3, 0.4) is 0 Å². The van der Waals surface area contributed by atoms with Crippen molar-refractivity contribution in [2.24, 2.45) is 0 Å². The molecule has 5 rings (SSSR count). The topological polar surface area (TPSA) is 81.5 Å². The third kappa shape index (κ3) is 4.43. The Labute approximate surface area is 204 Å². The number of aromatic nitrogens is 2. The minimum Gasteiger partial charge on any atom is -0.458 e. The molecule has 1 amide bonds. The highest BCUT2D eigenvalue weighted by Gasteiger charge is 2.19. The van der Waals surface area contributed by atoms with E-state index in [1.807, 2.05) is 54.6 Å². The van der Waals surface area contributed by atoms with Crippen LogP contribution in [0.4, 0.5) is 10.8 Å². The molecule has 0 saturated carbocycles. The maximum Gasteiger partial charge on any atom is 0.326 e. The summed E-state index contributed by atoms with van der Waals surface area (Å²) in [5.74, 6) is -0.615. The second-order valence-electron chi connectivity index (χ2n) is 7.92. The number of benzene rings is 3. The first-order valence-corrected chi connectivity index (χ1v) is 11.9. The molecular weight excluding hydrogens is 462 g/mol. The Morgan fingerprint density at radius 1 is 0.914 bits per heavy atom. The van der Waals surface area contributed by atoms with Crippen molar-refractivity contribution in [3.8, 4) is 0 Å². The van der Waals surface area contributed by atoms with E-state index in [-0.39, 0.29) is 24.5 Å². The molecule has 0 aliphatic carbocycles. The Hall–Kier alpha value is -4.30. The molecule has 0 radical (unpaired) electrons. The van der Waals surface area contributed by atoms with Gasteiger partial charge in [0.05, 0.1) is 22.4 Å². The normalized spacial score (nSPS) is 11.0. The molecule has 0 spiro atoms. The third-order valence-corrected chi connectivity index (χ3v) is 6.48. The van der Waals surface area contributed by atoms with Crippen LogP contribution in [-0.2, 0) is 27.5 Å². The van der Waals surface area contributed by atoms with Crippen LogP contribution in [-0.4, -0.2) is 21.4 Å². The molecule has 2 aromatic heterocycles. The second kappa shape index (κ2) is 9.52. The number of nitrogens with zero attached hydrogens (tertiary/aromatic N) is 3. The quantitative estimate of drug-likeness (QED) is 0.250. The second-order valence-corrected chi connectivity index (χ2v) is 8.76. The number of amides is 1. The van der Waals surface area contributed by atoms with E-state index in [9.17, 15) is 14.4 Å². The van der Waals surface area contributed by atoms with Crippen molar-refractivity contribution in [1.82, 2.24) is 9.55 Å². The van der Waals surface area contributed by atoms with E-state index in [1.54, 1.807) is 34.2 Å². The van der Waals surface area contributed by atoms with Crippen LogP contribution in [0.25, 0.3) is 21.8 Å². The lowest BCUT2D eigenvalue weighted by Crippen LogP contribution is -2.22. The van der Waals surface area contributed by atoms with Gasteiger partial charge in [-0.1, -0.05) is 42.5 Å². The molecule has 7 nitrogen and oxygen atoms in total. The van der Waals surface area contributed by atoms with Gasteiger partial charge in [-0.25, -0.2) is 4.98 Å². The predicted octanol–water partition coefficient (Wildman–Crippen LogP) is 5.04. The van der Waals surface area contributed by atoms with Crippen LogP contribution in [0.5, 0.6) is 0 Å². The summed E-state index contributed by atoms with van der Waals surface area (Å²) in [4.78, 5) is 44.0. The van der Waals surface area contributed by atoms with Crippen molar-refractivity contribution in [2.75, 3.05) is 4.90 Å². The molecule has 0 aliphatic rings. The summed E-state index contributed by atoms with van der Waals surface area (Å²) < 4.78 is 7.32. The van der Waals surface area contributed by atoms with E-state index >= 15 is 0 Å². The first-order chi connectivity index (χ1) is 17.0. The number of hydrogen-bond donors (Lipinski definition) is 0. The zero-order valence-corrected chi connectivity index (χ0v) is 19.7. The highest BCUT2D eigenvalue weighted by atomic mass is 32.1. The number of rotatable bonds is 6. The van der Waals surface area contributed by atoms with Gasteiger partial charge in [-0.15, -0.1) is 11.3 Å². The number of ether oxygens (including phenoxy) is 1. The summed E-state index contributed by atoms with van der Waals surface area (Å²) in [5.41, 5.74) is 2.54. The van der Waals surface area contributed by atoms with Crippen LogP contribution in [0.2, 0.25) is 0 Å². The zero-order valence-electron chi connectivity index (χ0n) is 18.9. The molecule has 0 bridgehead atoms. The Balaban J connectivity index is 1.36. The summed E-state index contributed by atoms with van der Waals surface area (Å²) >= 11 is 1.30. The molecule has 0 atom stereocenters. The molecule has 0 fully saturated rings. The predicted molar refractivity (Wildman–Crippen MR) is 137 cm³/mol. The van der Waals surface area contributed by atoms with Crippen molar-refractivity contribution in [2.45, 2.75) is 20.1 Å². The van der Waals surface area contributed by atoms with Crippen molar-refractivity contribution in [3.63, 3.8) is 0 Å². The number of anilines is 2. The molecule has 0 saturated heterocycles. The lowest BCUT2D eigenvalue weighted by molar-refractivity contribution is -0.145. The van der Waals surface area contributed by atoms with Crippen molar-refractivity contribution < 1.29 is 14.3 Å². The monoisotopic (exact) mass is 483 g/mol. The van der Waals surface area contributed by atoms with Crippen LogP contribution >= 0.6 is 11.3 Å². The van der Waals surface area contributed by atoms with Crippen molar-refractivity contribution in [3.05, 3.63) is 100 Å². The van der Waals surface area contributed by atoms with E-state index in [4.69, 9.17) is 4.74 Å². The summed E-state index contributed by atoms with van der Waals surface area (Å²) in [6.45, 7) is 1.40. The number of thiazole rings is 1. The number of pyridine rings is 1. The average Bonchev–Trinajstić information content (AvgIpc) is 3.34. The van der Waals surface area contributed by atoms with Crippen LogP contribution < -0.4 is 10.3 Å². The Morgan fingerprint density at radius 3 is 2.14 bits per heavy atom. The van der Waals surface area contributed by atoms with Gasteiger partial charge >= 0.3 is 5.97 Å². The minimum absolute atomic E-state index is 0.0219. The van der Waals surface area contributed by atoms with Crippen molar-refractivity contribution >= 4 is 55.8 Å². The summed E-state index contributed by atoms with van der Waals surface area (Å²) in [7, 11) is 0. The Bertz CT molecular complexity index is 1550. The average molecular weight is 484 g/mol. The number of para-hydroxylation sites is 3. The van der Waals surface area contributed by atoms with Gasteiger partial charge in [0.1, 0.15) is 13.2 Å². The van der Waals surface area contributed by atoms with E-state index < -0.39 is 5.97 Å². The molecule has 8 heteroatoms. The molecule has 3 aromatic carbocycles. The highest BCUT2D eigenvalue weighted by Crippen LogP contribution is 2.29. The van der Waals surface area contributed by atoms with Gasteiger partial charge in [0.15, 0.2) is 10.6 Å².